The minimum atomic E-state index is -0.840. The Morgan fingerprint density at radius 2 is 2.27 bits per heavy atom. The summed E-state index contributed by atoms with van der Waals surface area (Å²) < 4.78 is 5.18. The van der Waals surface area contributed by atoms with Gasteiger partial charge in [0.25, 0.3) is 0 Å². The zero-order chi connectivity index (χ0) is 8.43. The number of aryl methyl sites for hydroxylation is 2. The summed E-state index contributed by atoms with van der Waals surface area (Å²) >= 11 is 0. The van der Waals surface area contributed by atoms with Crippen LogP contribution in [0.5, 0.6) is 0 Å². The summed E-state index contributed by atoms with van der Waals surface area (Å²) in [5.41, 5.74) is 0.685. The fraction of sp³-hybridized carbons (Fsp3) is 0.333. The van der Waals surface area contributed by atoms with Crippen LogP contribution in [0.2, 0.25) is 0 Å². The van der Waals surface area contributed by atoms with E-state index in [1.54, 1.807) is 13.0 Å². The van der Waals surface area contributed by atoms with E-state index in [1.807, 2.05) is 6.92 Å². The van der Waals surface area contributed by atoms with Gasteiger partial charge in [-0.2, -0.15) is 0 Å². The zero-order valence-electron chi connectivity index (χ0n) is 6.59. The van der Waals surface area contributed by atoms with Crippen molar-refractivity contribution >= 4 is 0 Å². The summed E-state index contributed by atoms with van der Waals surface area (Å²) in [6.07, 6.45) is 4.20. The van der Waals surface area contributed by atoms with Crippen LogP contribution in [0.15, 0.2) is 10.5 Å². The molecule has 58 valence electrons. The second kappa shape index (κ2) is 2.81. The van der Waals surface area contributed by atoms with Crippen LogP contribution in [0.1, 0.15) is 23.2 Å². The van der Waals surface area contributed by atoms with Crippen LogP contribution >= 0.6 is 0 Å². The third-order valence-electron chi connectivity index (χ3n) is 1.53. The summed E-state index contributed by atoms with van der Waals surface area (Å²) in [4.78, 5) is 0. The first kappa shape index (κ1) is 7.90. The van der Waals surface area contributed by atoms with Gasteiger partial charge in [0.05, 0.1) is 0 Å². The lowest BCUT2D eigenvalue weighted by atomic mass is 10.1. The molecule has 1 rings (SSSR count). The molecule has 1 atom stereocenters. The number of rotatable bonds is 1. The van der Waals surface area contributed by atoms with Gasteiger partial charge >= 0.3 is 0 Å². The van der Waals surface area contributed by atoms with Gasteiger partial charge in [-0.1, -0.05) is 5.92 Å². The summed E-state index contributed by atoms with van der Waals surface area (Å²) in [7, 11) is 0. The molecular weight excluding hydrogens is 140 g/mol. The standard InChI is InChI=1S/C9H10O2/c1-4-9(10)8-5-6(2)11-7(8)3/h1,5,9-10H,2-3H3. The molecule has 0 aliphatic rings. The van der Waals surface area contributed by atoms with Gasteiger partial charge in [-0.3, -0.25) is 0 Å². The predicted octanol–water partition coefficient (Wildman–Crippen LogP) is 1.56. The highest BCUT2D eigenvalue weighted by molar-refractivity contribution is 5.27. The molecule has 0 saturated heterocycles. The van der Waals surface area contributed by atoms with Gasteiger partial charge in [-0.05, 0) is 19.9 Å². The van der Waals surface area contributed by atoms with Gasteiger partial charge < -0.3 is 9.52 Å². The lowest BCUT2D eigenvalue weighted by molar-refractivity contribution is 0.236. The molecular formula is C9H10O2. The number of furan rings is 1. The van der Waals surface area contributed by atoms with Crippen LogP contribution in [-0.4, -0.2) is 5.11 Å². The molecule has 1 unspecified atom stereocenters. The molecule has 1 aromatic heterocycles. The van der Waals surface area contributed by atoms with E-state index in [9.17, 15) is 5.11 Å². The van der Waals surface area contributed by atoms with Gasteiger partial charge in [0.2, 0.25) is 0 Å². The van der Waals surface area contributed by atoms with Crippen molar-refractivity contribution in [3.8, 4) is 12.3 Å². The van der Waals surface area contributed by atoms with Crippen molar-refractivity contribution in [2.45, 2.75) is 20.0 Å². The molecule has 0 amide bonds. The summed E-state index contributed by atoms with van der Waals surface area (Å²) in [6, 6.07) is 1.75. The monoisotopic (exact) mass is 150 g/mol. The van der Waals surface area contributed by atoms with Crippen molar-refractivity contribution in [2.24, 2.45) is 0 Å². The van der Waals surface area contributed by atoms with E-state index in [1.165, 1.54) is 0 Å². The number of aliphatic hydroxyl groups is 1. The number of aliphatic hydroxyl groups excluding tert-OH is 1. The molecule has 0 fully saturated rings. The Morgan fingerprint density at radius 1 is 1.64 bits per heavy atom. The van der Waals surface area contributed by atoms with E-state index in [4.69, 9.17) is 10.8 Å². The molecule has 0 aliphatic heterocycles. The molecule has 0 spiro atoms. The zero-order valence-corrected chi connectivity index (χ0v) is 6.59. The molecule has 0 saturated carbocycles. The largest absolute Gasteiger partial charge is 0.466 e. The Bertz CT molecular complexity index is 291. The molecule has 0 aliphatic carbocycles. The average Bonchev–Trinajstić information content (AvgIpc) is 2.28. The molecule has 11 heavy (non-hydrogen) atoms. The highest BCUT2D eigenvalue weighted by Crippen LogP contribution is 2.20. The quantitative estimate of drug-likeness (QED) is 0.616. The SMILES string of the molecule is C#CC(O)c1cc(C)oc1C. The first-order valence-electron chi connectivity index (χ1n) is 3.36. The highest BCUT2D eigenvalue weighted by Gasteiger charge is 2.10. The van der Waals surface area contributed by atoms with Crippen LogP contribution in [0, 0.1) is 26.2 Å². The highest BCUT2D eigenvalue weighted by atomic mass is 16.3. The van der Waals surface area contributed by atoms with Crippen molar-refractivity contribution in [1.29, 1.82) is 0 Å². The van der Waals surface area contributed by atoms with E-state index in [-0.39, 0.29) is 0 Å². The molecule has 1 heterocycles. The lowest BCUT2D eigenvalue weighted by Crippen LogP contribution is -1.92. The minimum absolute atomic E-state index is 0.685. The van der Waals surface area contributed by atoms with E-state index in [0.29, 0.717) is 11.3 Å². The maximum absolute atomic E-state index is 9.23. The Kier molecular flexibility index (Phi) is 2.02. The molecule has 0 bridgehead atoms. The third-order valence-corrected chi connectivity index (χ3v) is 1.53. The maximum atomic E-state index is 9.23. The fourth-order valence-electron chi connectivity index (χ4n) is 1.01. The van der Waals surface area contributed by atoms with Crippen LogP contribution in [0.4, 0.5) is 0 Å². The fourth-order valence-corrected chi connectivity index (χ4v) is 1.01. The number of hydrogen-bond donors (Lipinski definition) is 1. The Balaban J connectivity index is 3.05. The van der Waals surface area contributed by atoms with Crippen molar-refractivity contribution < 1.29 is 9.52 Å². The van der Waals surface area contributed by atoms with Crippen molar-refractivity contribution in [2.75, 3.05) is 0 Å². The van der Waals surface area contributed by atoms with E-state index in [0.717, 1.165) is 5.76 Å². The molecule has 0 radical (unpaired) electrons. The third kappa shape index (κ3) is 1.44. The lowest BCUT2D eigenvalue weighted by Gasteiger charge is -1.98. The van der Waals surface area contributed by atoms with Gasteiger partial charge in [0.15, 0.2) is 0 Å². The van der Waals surface area contributed by atoms with Gasteiger partial charge in [0, 0.05) is 5.56 Å². The van der Waals surface area contributed by atoms with Gasteiger partial charge in [-0.15, -0.1) is 6.42 Å². The minimum Gasteiger partial charge on any atom is -0.466 e. The van der Waals surface area contributed by atoms with Crippen LogP contribution < -0.4 is 0 Å². The van der Waals surface area contributed by atoms with E-state index < -0.39 is 6.10 Å². The summed E-state index contributed by atoms with van der Waals surface area (Å²) in [5.74, 6) is 3.69. The van der Waals surface area contributed by atoms with Gasteiger partial charge in [0.1, 0.15) is 17.6 Å². The first-order chi connectivity index (χ1) is 5.15. The molecule has 1 N–H and O–H groups in total. The molecule has 0 aromatic carbocycles. The van der Waals surface area contributed by atoms with Crippen LogP contribution in [0.25, 0.3) is 0 Å². The number of hydrogen-bond acceptors (Lipinski definition) is 2. The van der Waals surface area contributed by atoms with Crippen molar-refractivity contribution in [3.05, 3.63) is 23.2 Å². The Labute approximate surface area is 65.8 Å². The first-order valence-corrected chi connectivity index (χ1v) is 3.36. The second-order valence-electron chi connectivity index (χ2n) is 2.44. The van der Waals surface area contributed by atoms with Gasteiger partial charge in [-0.25, -0.2) is 0 Å². The molecule has 1 aromatic rings. The van der Waals surface area contributed by atoms with Crippen LogP contribution in [-0.2, 0) is 0 Å². The summed E-state index contributed by atoms with van der Waals surface area (Å²) in [5, 5.41) is 9.23. The second-order valence-corrected chi connectivity index (χ2v) is 2.44. The van der Waals surface area contributed by atoms with E-state index in [2.05, 4.69) is 5.92 Å². The maximum Gasteiger partial charge on any atom is 0.143 e. The van der Waals surface area contributed by atoms with Crippen molar-refractivity contribution in [1.82, 2.24) is 0 Å². The smallest absolute Gasteiger partial charge is 0.143 e. The Hall–Kier alpha value is -1.20. The summed E-state index contributed by atoms with van der Waals surface area (Å²) in [6.45, 7) is 3.60. The van der Waals surface area contributed by atoms with E-state index >= 15 is 0 Å². The molecule has 2 heteroatoms. The Morgan fingerprint density at radius 3 is 2.64 bits per heavy atom. The number of terminal acetylenes is 1. The predicted molar refractivity (Wildman–Crippen MR) is 42.0 cm³/mol. The average molecular weight is 150 g/mol. The molecule has 2 nitrogen and oxygen atoms in total. The van der Waals surface area contributed by atoms with Crippen molar-refractivity contribution in [3.63, 3.8) is 0 Å². The normalized spacial score (nSPS) is 12.5. The topological polar surface area (TPSA) is 33.4 Å². The van der Waals surface area contributed by atoms with Crippen LogP contribution in [0.3, 0.4) is 0 Å².